The average Bonchev–Trinajstić information content (AvgIpc) is 2.93. The van der Waals surface area contributed by atoms with Gasteiger partial charge in [0.2, 0.25) is 5.91 Å². The quantitative estimate of drug-likeness (QED) is 0.886. The number of aliphatic carboxylic acids is 1. The molecule has 22 heavy (non-hydrogen) atoms. The topological polar surface area (TPSA) is 70.5 Å². The van der Waals surface area contributed by atoms with Crippen molar-refractivity contribution in [2.75, 3.05) is 7.05 Å². The molecule has 1 N–H and O–H groups in total. The van der Waals surface area contributed by atoms with Crippen molar-refractivity contribution in [2.24, 2.45) is 0 Å². The molecule has 1 atom stereocenters. The number of rotatable bonds is 6. The van der Waals surface area contributed by atoms with Gasteiger partial charge in [0.15, 0.2) is 0 Å². The molecule has 0 aliphatic rings. The second-order valence-electron chi connectivity index (χ2n) is 5.09. The molecule has 0 aliphatic heterocycles. The van der Waals surface area contributed by atoms with E-state index in [9.17, 15) is 9.59 Å². The highest BCUT2D eigenvalue weighted by molar-refractivity contribution is 7.09. The van der Waals surface area contributed by atoms with Crippen molar-refractivity contribution >= 4 is 23.2 Å². The van der Waals surface area contributed by atoms with Crippen molar-refractivity contribution in [2.45, 2.75) is 25.8 Å². The minimum atomic E-state index is -1.01. The molecule has 0 radical (unpaired) electrons. The number of hydrogen-bond donors (Lipinski definition) is 1. The van der Waals surface area contributed by atoms with Gasteiger partial charge >= 0.3 is 5.97 Å². The van der Waals surface area contributed by atoms with Crippen molar-refractivity contribution in [3.63, 3.8) is 0 Å². The van der Waals surface area contributed by atoms with Crippen LogP contribution in [0.3, 0.4) is 0 Å². The molecule has 2 rings (SSSR count). The lowest BCUT2D eigenvalue weighted by Crippen LogP contribution is -2.41. The normalized spacial score (nSPS) is 11.9. The molecule has 0 aliphatic carbocycles. The van der Waals surface area contributed by atoms with Gasteiger partial charge in [-0.25, -0.2) is 9.78 Å². The highest BCUT2D eigenvalue weighted by Crippen LogP contribution is 2.15. The van der Waals surface area contributed by atoms with Gasteiger partial charge in [-0.3, -0.25) is 4.79 Å². The first kappa shape index (κ1) is 16.2. The maximum Gasteiger partial charge on any atom is 0.326 e. The Morgan fingerprint density at radius 3 is 2.64 bits per heavy atom. The van der Waals surface area contributed by atoms with Crippen LogP contribution in [-0.4, -0.2) is 40.0 Å². The minimum Gasteiger partial charge on any atom is -0.480 e. The number of hydrogen-bond acceptors (Lipinski definition) is 4. The van der Waals surface area contributed by atoms with Gasteiger partial charge in [-0.05, 0) is 12.5 Å². The third-order valence-corrected chi connectivity index (χ3v) is 4.36. The summed E-state index contributed by atoms with van der Waals surface area (Å²) in [6.07, 6.45) is 0.862. The van der Waals surface area contributed by atoms with Crippen LogP contribution >= 0.6 is 11.3 Å². The zero-order valence-electron chi connectivity index (χ0n) is 12.5. The second-order valence-corrected chi connectivity index (χ2v) is 6.03. The van der Waals surface area contributed by atoms with Gasteiger partial charge in [-0.15, -0.1) is 11.3 Å². The number of carboxylic acid groups (broad SMARTS) is 1. The Hall–Kier alpha value is -2.21. The summed E-state index contributed by atoms with van der Waals surface area (Å²) < 4.78 is 0. The van der Waals surface area contributed by atoms with Crippen LogP contribution < -0.4 is 0 Å². The molecule has 0 saturated heterocycles. The standard InChI is InChI=1S/C16H18N2O3S/c1-11(16(20)21)18(2)15(19)9-13-10-22-14(17-13)8-12-6-4-3-5-7-12/h3-7,10-11H,8-9H2,1-2H3,(H,20,21). The predicted molar refractivity (Wildman–Crippen MR) is 84.9 cm³/mol. The van der Waals surface area contributed by atoms with Crippen LogP contribution in [-0.2, 0) is 22.4 Å². The van der Waals surface area contributed by atoms with Crippen LogP contribution in [0.5, 0.6) is 0 Å². The molecular formula is C16H18N2O3S. The maximum absolute atomic E-state index is 12.1. The number of benzene rings is 1. The van der Waals surface area contributed by atoms with E-state index in [0.717, 1.165) is 11.4 Å². The van der Waals surface area contributed by atoms with Crippen molar-refractivity contribution in [3.05, 3.63) is 52.0 Å². The van der Waals surface area contributed by atoms with E-state index in [1.54, 1.807) is 0 Å². The number of carbonyl (C=O) groups is 2. The van der Waals surface area contributed by atoms with Crippen LogP contribution in [0.2, 0.25) is 0 Å². The van der Waals surface area contributed by atoms with E-state index >= 15 is 0 Å². The van der Waals surface area contributed by atoms with Crippen molar-refractivity contribution in [1.82, 2.24) is 9.88 Å². The van der Waals surface area contributed by atoms with Crippen molar-refractivity contribution in [1.29, 1.82) is 0 Å². The molecule has 0 spiro atoms. The molecule has 0 saturated carbocycles. The second kappa shape index (κ2) is 7.17. The molecule has 1 unspecified atom stereocenters. The van der Waals surface area contributed by atoms with Gasteiger partial charge in [0.25, 0.3) is 0 Å². The van der Waals surface area contributed by atoms with E-state index in [0.29, 0.717) is 5.69 Å². The first-order valence-corrected chi connectivity index (χ1v) is 7.81. The lowest BCUT2D eigenvalue weighted by molar-refractivity contribution is -0.148. The van der Waals surface area contributed by atoms with Crippen LogP contribution in [0.25, 0.3) is 0 Å². The van der Waals surface area contributed by atoms with Crippen molar-refractivity contribution < 1.29 is 14.7 Å². The number of thiazole rings is 1. The summed E-state index contributed by atoms with van der Waals surface area (Å²) in [5, 5.41) is 11.7. The van der Waals surface area contributed by atoms with E-state index in [-0.39, 0.29) is 12.3 Å². The molecule has 5 nitrogen and oxygen atoms in total. The Balaban J connectivity index is 1.97. The largest absolute Gasteiger partial charge is 0.480 e. The fourth-order valence-corrected chi connectivity index (χ4v) is 2.77. The van der Waals surface area contributed by atoms with Gasteiger partial charge < -0.3 is 10.0 Å². The summed E-state index contributed by atoms with van der Waals surface area (Å²) >= 11 is 1.51. The average molecular weight is 318 g/mol. The zero-order chi connectivity index (χ0) is 16.1. The van der Waals surface area contributed by atoms with E-state index in [1.165, 1.54) is 35.8 Å². The molecular weight excluding hydrogens is 300 g/mol. The van der Waals surface area contributed by atoms with E-state index in [4.69, 9.17) is 5.11 Å². The summed E-state index contributed by atoms with van der Waals surface area (Å²) in [5.74, 6) is -1.26. The molecule has 1 aromatic heterocycles. The van der Waals surface area contributed by atoms with Crippen LogP contribution in [0.1, 0.15) is 23.2 Å². The first-order chi connectivity index (χ1) is 10.5. The lowest BCUT2D eigenvalue weighted by Gasteiger charge is -2.20. The molecule has 0 bridgehead atoms. The first-order valence-electron chi connectivity index (χ1n) is 6.93. The number of aromatic nitrogens is 1. The Labute approximate surface area is 133 Å². The number of amides is 1. The summed E-state index contributed by atoms with van der Waals surface area (Å²) in [5.41, 5.74) is 1.86. The SMILES string of the molecule is CC(C(=O)O)N(C)C(=O)Cc1csc(Cc2ccccc2)n1. The minimum absolute atomic E-state index is 0.124. The Morgan fingerprint density at radius 1 is 1.32 bits per heavy atom. The van der Waals surface area contributed by atoms with Crippen LogP contribution in [0.4, 0.5) is 0 Å². The third-order valence-electron chi connectivity index (χ3n) is 3.46. The molecule has 0 fully saturated rings. The summed E-state index contributed by atoms with van der Waals surface area (Å²) in [7, 11) is 1.50. The molecule has 2 aromatic rings. The number of carbonyl (C=O) groups excluding carboxylic acids is 1. The van der Waals surface area contributed by atoms with Gasteiger partial charge in [-0.1, -0.05) is 30.3 Å². The molecule has 1 amide bonds. The van der Waals surface area contributed by atoms with E-state index in [1.807, 2.05) is 35.7 Å². The Morgan fingerprint density at radius 2 is 2.00 bits per heavy atom. The molecule has 116 valence electrons. The number of carboxylic acids is 1. The van der Waals surface area contributed by atoms with E-state index < -0.39 is 12.0 Å². The highest BCUT2D eigenvalue weighted by atomic mass is 32.1. The Kier molecular flexibility index (Phi) is 5.27. The third kappa shape index (κ3) is 4.14. The van der Waals surface area contributed by atoms with Gasteiger partial charge in [-0.2, -0.15) is 0 Å². The zero-order valence-corrected chi connectivity index (χ0v) is 13.3. The lowest BCUT2D eigenvalue weighted by atomic mass is 10.2. The smallest absolute Gasteiger partial charge is 0.326 e. The van der Waals surface area contributed by atoms with E-state index in [2.05, 4.69) is 4.98 Å². The molecule has 6 heteroatoms. The monoisotopic (exact) mass is 318 g/mol. The fraction of sp³-hybridized carbons (Fsp3) is 0.312. The number of nitrogens with zero attached hydrogens (tertiary/aromatic N) is 2. The molecule has 1 heterocycles. The van der Waals surface area contributed by atoms with Crippen LogP contribution in [0.15, 0.2) is 35.7 Å². The fourth-order valence-electron chi connectivity index (χ4n) is 1.94. The molecule has 1 aromatic carbocycles. The predicted octanol–water partition coefficient (Wildman–Crippen LogP) is 2.21. The van der Waals surface area contributed by atoms with Gasteiger partial charge in [0, 0.05) is 18.8 Å². The van der Waals surface area contributed by atoms with Gasteiger partial charge in [0.1, 0.15) is 6.04 Å². The highest BCUT2D eigenvalue weighted by Gasteiger charge is 2.22. The maximum atomic E-state index is 12.1. The number of likely N-dealkylation sites (N-methyl/N-ethyl adjacent to an activating group) is 1. The Bertz CT molecular complexity index is 654. The summed E-state index contributed by atoms with van der Waals surface area (Å²) in [4.78, 5) is 28.6. The summed E-state index contributed by atoms with van der Waals surface area (Å²) in [6.45, 7) is 1.49. The van der Waals surface area contributed by atoms with Gasteiger partial charge in [0.05, 0.1) is 17.1 Å². The summed E-state index contributed by atoms with van der Waals surface area (Å²) in [6, 6.07) is 9.17. The van der Waals surface area contributed by atoms with Crippen molar-refractivity contribution in [3.8, 4) is 0 Å². The van der Waals surface area contributed by atoms with Crippen LogP contribution in [0, 0.1) is 0 Å².